The molecule has 22 heavy (non-hydrogen) atoms. The molecule has 0 aliphatic heterocycles. The van der Waals surface area contributed by atoms with Crippen LogP contribution in [-0.2, 0) is 4.79 Å². The number of amides is 1. The maximum absolute atomic E-state index is 11.9. The molecule has 1 N–H and O–H groups in total. The third kappa shape index (κ3) is 3.79. The summed E-state index contributed by atoms with van der Waals surface area (Å²) in [4.78, 5) is 16.2. The Morgan fingerprint density at radius 2 is 2.18 bits per heavy atom. The molecule has 0 spiro atoms. The first kappa shape index (κ1) is 15.3. The average molecular weight is 352 g/mol. The van der Waals surface area contributed by atoms with Crippen LogP contribution in [0.2, 0.25) is 0 Å². The third-order valence-corrected chi connectivity index (χ3v) is 5.20. The van der Waals surface area contributed by atoms with Gasteiger partial charge in [-0.05, 0) is 17.9 Å². The summed E-state index contributed by atoms with van der Waals surface area (Å²) in [5.74, 6) is 0.982. The normalized spacial score (nSPS) is 11.0. The molecule has 9 heteroatoms. The third-order valence-electron chi connectivity index (χ3n) is 2.52. The molecule has 3 aromatic rings. The summed E-state index contributed by atoms with van der Waals surface area (Å²) in [6.45, 7) is 2.04. The molecule has 114 valence electrons. The van der Waals surface area contributed by atoms with Crippen LogP contribution in [0.1, 0.15) is 6.92 Å². The molecule has 6 nitrogen and oxygen atoms in total. The van der Waals surface area contributed by atoms with E-state index in [0.29, 0.717) is 10.4 Å². The van der Waals surface area contributed by atoms with Crippen molar-refractivity contribution in [2.45, 2.75) is 16.5 Å². The summed E-state index contributed by atoms with van der Waals surface area (Å²) in [6, 6.07) is 7.50. The van der Waals surface area contributed by atoms with Crippen molar-refractivity contribution in [1.29, 1.82) is 0 Å². The highest BCUT2D eigenvalue weighted by atomic mass is 32.2. The standard InChI is InChI=1S/C13H12N4O2S3/c1-2-20-13-17-16-11(22-13)15-10(18)7-21-12-14-8-5-3-4-6-9(8)19-12/h3-6H,2,7H2,1H3,(H,15,16,18). The van der Waals surface area contributed by atoms with E-state index in [9.17, 15) is 4.79 Å². The summed E-state index contributed by atoms with van der Waals surface area (Å²) in [5.41, 5.74) is 1.51. The Bertz CT molecular complexity index is 753. The lowest BCUT2D eigenvalue weighted by molar-refractivity contribution is -0.113. The molecule has 0 fully saturated rings. The quantitative estimate of drug-likeness (QED) is 0.537. The van der Waals surface area contributed by atoms with Crippen LogP contribution in [-0.4, -0.2) is 32.6 Å². The molecule has 1 amide bonds. The average Bonchev–Trinajstić information content (AvgIpc) is 3.12. The van der Waals surface area contributed by atoms with Crippen molar-refractivity contribution in [1.82, 2.24) is 15.2 Å². The molecular weight excluding hydrogens is 340 g/mol. The van der Waals surface area contributed by atoms with Crippen LogP contribution in [0.4, 0.5) is 5.13 Å². The minimum Gasteiger partial charge on any atom is -0.431 e. The molecule has 1 aromatic carbocycles. The zero-order chi connectivity index (χ0) is 15.4. The predicted molar refractivity (Wildman–Crippen MR) is 89.7 cm³/mol. The Kier molecular flexibility index (Phi) is 4.96. The SMILES string of the molecule is CCSc1nnc(NC(=O)CSc2nc3ccccc3o2)s1. The van der Waals surface area contributed by atoms with Gasteiger partial charge in [-0.25, -0.2) is 4.98 Å². The van der Waals surface area contributed by atoms with Crippen molar-refractivity contribution < 1.29 is 9.21 Å². The van der Waals surface area contributed by atoms with Crippen molar-refractivity contribution in [3.8, 4) is 0 Å². The van der Waals surface area contributed by atoms with Crippen molar-refractivity contribution in [2.24, 2.45) is 0 Å². The first-order valence-corrected chi connectivity index (χ1v) is 9.28. The van der Waals surface area contributed by atoms with Crippen LogP contribution >= 0.6 is 34.9 Å². The zero-order valence-electron chi connectivity index (χ0n) is 11.6. The molecule has 2 aromatic heterocycles. The van der Waals surface area contributed by atoms with Crippen LogP contribution in [0, 0.1) is 0 Å². The number of hydrogen-bond donors (Lipinski definition) is 1. The van der Waals surface area contributed by atoms with E-state index >= 15 is 0 Å². The van der Waals surface area contributed by atoms with Crippen LogP contribution in [0.3, 0.4) is 0 Å². The predicted octanol–water partition coefficient (Wildman–Crippen LogP) is 3.52. The van der Waals surface area contributed by atoms with Gasteiger partial charge < -0.3 is 4.42 Å². The van der Waals surface area contributed by atoms with Gasteiger partial charge in [0, 0.05) is 0 Å². The molecule has 0 radical (unpaired) electrons. The number of oxazole rings is 1. The zero-order valence-corrected chi connectivity index (χ0v) is 14.1. The molecular formula is C13H12N4O2S3. The highest BCUT2D eigenvalue weighted by Crippen LogP contribution is 2.26. The monoisotopic (exact) mass is 352 g/mol. The number of nitrogens with one attached hydrogen (secondary N) is 1. The van der Waals surface area contributed by atoms with Crippen LogP contribution in [0.25, 0.3) is 11.1 Å². The highest BCUT2D eigenvalue weighted by molar-refractivity contribution is 8.01. The van der Waals surface area contributed by atoms with E-state index in [1.54, 1.807) is 11.8 Å². The van der Waals surface area contributed by atoms with Gasteiger partial charge in [0.2, 0.25) is 11.0 Å². The topological polar surface area (TPSA) is 80.9 Å². The Hall–Kier alpha value is -1.58. The molecule has 0 unspecified atom stereocenters. The van der Waals surface area contributed by atoms with Crippen molar-refractivity contribution in [3.05, 3.63) is 24.3 Å². The lowest BCUT2D eigenvalue weighted by Gasteiger charge is -1.98. The molecule has 2 heterocycles. The second kappa shape index (κ2) is 7.12. The van der Waals surface area contributed by atoms with Gasteiger partial charge in [-0.15, -0.1) is 10.2 Å². The Morgan fingerprint density at radius 1 is 1.32 bits per heavy atom. The van der Waals surface area contributed by atoms with E-state index < -0.39 is 0 Å². The molecule has 0 saturated heterocycles. The Balaban J connectivity index is 1.55. The van der Waals surface area contributed by atoms with Crippen LogP contribution in [0.5, 0.6) is 0 Å². The summed E-state index contributed by atoms with van der Waals surface area (Å²) in [7, 11) is 0. The lowest BCUT2D eigenvalue weighted by Crippen LogP contribution is -2.13. The summed E-state index contributed by atoms with van der Waals surface area (Å²) < 4.78 is 6.40. The molecule has 0 atom stereocenters. The number of carbonyl (C=O) groups is 1. The molecule has 3 rings (SSSR count). The van der Waals surface area contributed by atoms with E-state index in [0.717, 1.165) is 21.2 Å². The second-order valence-corrected chi connectivity index (χ2v) is 7.51. The van der Waals surface area contributed by atoms with Gasteiger partial charge in [-0.1, -0.05) is 53.9 Å². The summed E-state index contributed by atoms with van der Waals surface area (Å²) in [6.07, 6.45) is 0. The molecule has 0 bridgehead atoms. The second-order valence-electron chi connectivity index (χ2n) is 4.09. The van der Waals surface area contributed by atoms with Gasteiger partial charge in [0.25, 0.3) is 5.22 Å². The first-order chi connectivity index (χ1) is 10.7. The number of thioether (sulfide) groups is 2. The van der Waals surface area contributed by atoms with Crippen LogP contribution in [0.15, 0.2) is 38.2 Å². The Labute approximate surface area is 139 Å². The number of fused-ring (bicyclic) bond motifs is 1. The molecule has 0 saturated carbocycles. The van der Waals surface area contributed by atoms with E-state index in [1.807, 2.05) is 31.2 Å². The number of anilines is 1. The van der Waals surface area contributed by atoms with Gasteiger partial charge in [0.15, 0.2) is 9.92 Å². The number of nitrogens with zero attached hydrogens (tertiary/aromatic N) is 3. The minimum absolute atomic E-state index is 0.156. The van der Waals surface area contributed by atoms with Crippen molar-refractivity contribution >= 4 is 57.0 Å². The first-order valence-electron chi connectivity index (χ1n) is 6.49. The fourth-order valence-electron chi connectivity index (χ4n) is 1.64. The Morgan fingerprint density at radius 3 is 3.00 bits per heavy atom. The van der Waals surface area contributed by atoms with Gasteiger partial charge in [0.05, 0.1) is 5.75 Å². The number of aromatic nitrogens is 3. The van der Waals surface area contributed by atoms with E-state index in [4.69, 9.17) is 4.42 Å². The van der Waals surface area contributed by atoms with E-state index in [1.165, 1.54) is 23.1 Å². The smallest absolute Gasteiger partial charge is 0.257 e. The maximum atomic E-state index is 11.9. The van der Waals surface area contributed by atoms with Crippen molar-refractivity contribution in [2.75, 3.05) is 16.8 Å². The maximum Gasteiger partial charge on any atom is 0.257 e. The van der Waals surface area contributed by atoms with Gasteiger partial charge in [-0.2, -0.15) is 0 Å². The highest BCUT2D eigenvalue weighted by Gasteiger charge is 2.11. The number of rotatable bonds is 6. The fraction of sp³-hybridized carbons (Fsp3) is 0.231. The largest absolute Gasteiger partial charge is 0.431 e. The summed E-state index contributed by atoms with van der Waals surface area (Å²) in [5, 5.41) is 11.6. The van der Waals surface area contributed by atoms with Gasteiger partial charge in [-0.3, -0.25) is 10.1 Å². The van der Waals surface area contributed by atoms with Crippen LogP contribution < -0.4 is 5.32 Å². The van der Waals surface area contributed by atoms with Gasteiger partial charge >= 0.3 is 0 Å². The fourth-order valence-corrected chi connectivity index (χ4v) is 3.94. The van der Waals surface area contributed by atoms with Gasteiger partial charge in [0.1, 0.15) is 5.52 Å². The number of carbonyl (C=O) groups excluding carboxylic acids is 1. The molecule has 0 aliphatic rings. The number of benzene rings is 1. The summed E-state index contributed by atoms with van der Waals surface area (Å²) >= 11 is 4.22. The van der Waals surface area contributed by atoms with E-state index in [2.05, 4.69) is 20.5 Å². The minimum atomic E-state index is -0.156. The lowest BCUT2D eigenvalue weighted by atomic mass is 10.3. The number of hydrogen-bond acceptors (Lipinski definition) is 8. The molecule has 0 aliphatic carbocycles. The van der Waals surface area contributed by atoms with Crippen molar-refractivity contribution in [3.63, 3.8) is 0 Å². The van der Waals surface area contributed by atoms with E-state index in [-0.39, 0.29) is 11.7 Å². The number of para-hydroxylation sites is 2.